The number of rotatable bonds is 3. The quantitative estimate of drug-likeness (QED) is 0.645. The SMILES string of the molecule is Cc1ccc(Oc2cccc(F)c2C(=N)N)cn1. The minimum Gasteiger partial charge on any atom is -0.455 e. The number of nitrogens with one attached hydrogen (secondary N) is 1. The zero-order valence-electron chi connectivity index (χ0n) is 9.77. The Kier molecular flexibility index (Phi) is 3.23. The molecule has 1 aromatic carbocycles. The van der Waals surface area contributed by atoms with Crippen LogP contribution in [-0.4, -0.2) is 10.8 Å². The van der Waals surface area contributed by atoms with E-state index in [9.17, 15) is 4.39 Å². The average Bonchev–Trinajstić information content (AvgIpc) is 2.32. The summed E-state index contributed by atoms with van der Waals surface area (Å²) < 4.78 is 19.0. The van der Waals surface area contributed by atoms with Crippen molar-refractivity contribution in [1.82, 2.24) is 4.98 Å². The average molecular weight is 245 g/mol. The van der Waals surface area contributed by atoms with Crippen molar-refractivity contribution in [1.29, 1.82) is 5.41 Å². The molecular weight excluding hydrogens is 233 g/mol. The zero-order chi connectivity index (χ0) is 13.1. The van der Waals surface area contributed by atoms with E-state index in [1.807, 2.05) is 6.92 Å². The number of benzene rings is 1. The van der Waals surface area contributed by atoms with Gasteiger partial charge in [0.25, 0.3) is 0 Å². The van der Waals surface area contributed by atoms with Crippen molar-refractivity contribution in [3.05, 3.63) is 53.6 Å². The van der Waals surface area contributed by atoms with Crippen LogP contribution in [0, 0.1) is 18.2 Å². The van der Waals surface area contributed by atoms with Crippen LogP contribution in [0.1, 0.15) is 11.3 Å². The van der Waals surface area contributed by atoms with E-state index in [0.29, 0.717) is 5.75 Å². The Morgan fingerprint density at radius 1 is 1.33 bits per heavy atom. The van der Waals surface area contributed by atoms with Gasteiger partial charge in [0.15, 0.2) is 0 Å². The summed E-state index contributed by atoms with van der Waals surface area (Å²) in [7, 11) is 0. The predicted molar refractivity (Wildman–Crippen MR) is 66.5 cm³/mol. The van der Waals surface area contributed by atoms with E-state index >= 15 is 0 Å². The highest BCUT2D eigenvalue weighted by atomic mass is 19.1. The summed E-state index contributed by atoms with van der Waals surface area (Å²) in [5.41, 5.74) is 6.15. The second-order valence-electron chi connectivity index (χ2n) is 3.76. The highest BCUT2D eigenvalue weighted by Crippen LogP contribution is 2.26. The topological polar surface area (TPSA) is 72.0 Å². The van der Waals surface area contributed by atoms with Crippen LogP contribution in [0.25, 0.3) is 0 Å². The van der Waals surface area contributed by atoms with Gasteiger partial charge in [-0.05, 0) is 31.2 Å². The van der Waals surface area contributed by atoms with Gasteiger partial charge in [-0.1, -0.05) is 6.07 Å². The van der Waals surface area contributed by atoms with Crippen molar-refractivity contribution in [2.24, 2.45) is 5.73 Å². The summed E-state index contributed by atoms with van der Waals surface area (Å²) >= 11 is 0. The number of amidine groups is 1. The summed E-state index contributed by atoms with van der Waals surface area (Å²) in [6.45, 7) is 1.85. The molecule has 0 aliphatic carbocycles. The van der Waals surface area contributed by atoms with Crippen LogP contribution >= 0.6 is 0 Å². The lowest BCUT2D eigenvalue weighted by molar-refractivity contribution is 0.472. The number of nitrogens with two attached hydrogens (primary N) is 1. The fourth-order valence-corrected chi connectivity index (χ4v) is 1.49. The van der Waals surface area contributed by atoms with E-state index in [1.165, 1.54) is 18.3 Å². The number of pyridine rings is 1. The molecule has 2 rings (SSSR count). The maximum absolute atomic E-state index is 13.6. The number of halogens is 1. The van der Waals surface area contributed by atoms with E-state index in [4.69, 9.17) is 15.9 Å². The summed E-state index contributed by atoms with van der Waals surface area (Å²) in [5.74, 6) is -0.287. The summed E-state index contributed by atoms with van der Waals surface area (Å²) in [5, 5.41) is 7.36. The number of aryl methyl sites for hydroxylation is 1. The van der Waals surface area contributed by atoms with Gasteiger partial charge in [0.2, 0.25) is 0 Å². The molecule has 0 fully saturated rings. The lowest BCUT2D eigenvalue weighted by Gasteiger charge is -2.10. The minimum absolute atomic E-state index is 0.0434. The summed E-state index contributed by atoms with van der Waals surface area (Å²) in [6, 6.07) is 7.79. The minimum atomic E-state index is -0.583. The first-order valence-corrected chi connectivity index (χ1v) is 5.31. The van der Waals surface area contributed by atoms with Gasteiger partial charge >= 0.3 is 0 Å². The molecule has 2 aromatic rings. The monoisotopic (exact) mass is 245 g/mol. The molecule has 0 aliphatic heterocycles. The highest BCUT2D eigenvalue weighted by molar-refractivity contribution is 5.98. The normalized spacial score (nSPS) is 10.1. The van der Waals surface area contributed by atoms with Crippen molar-refractivity contribution in [2.45, 2.75) is 6.92 Å². The molecule has 0 bridgehead atoms. The van der Waals surface area contributed by atoms with Crippen LogP contribution < -0.4 is 10.5 Å². The van der Waals surface area contributed by atoms with Crippen molar-refractivity contribution in [2.75, 3.05) is 0 Å². The van der Waals surface area contributed by atoms with Gasteiger partial charge in [0, 0.05) is 5.69 Å². The van der Waals surface area contributed by atoms with E-state index in [1.54, 1.807) is 18.2 Å². The first kappa shape index (κ1) is 12.0. The van der Waals surface area contributed by atoms with Crippen LogP contribution in [0.2, 0.25) is 0 Å². The molecule has 0 spiro atoms. The Bertz CT molecular complexity index is 581. The van der Waals surface area contributed by atoms with Crippen LogP contribution in [-0.2, 0) is 0 Å². The molecule has 1 heterocycles. The Hall–Kier alpha value is -2.43. The van der Waals surface area contributed by atoms with Gasteiger partial charge in [0.05, 0.1) is 11.8 Å². The number of nitrogens with zero attached hydrogens (tertiary/aromatic N) is 1. The van der Waals surface area contributed by atoms with Crippen molar-refractivity contribution in [3.63, 3.8) is 0 Å². The van der Waals surface area contributed by atoms with Gasteiger partial charge in [0.1, 0.15) is 23.2 Å². The van der Waals surface area contributed by atoms with E-state index in [0.717, 1.165) is 5.69 Å². The molecule has 3 N–H and O–H groups in total. The van der Waals surface area contributed by atoms with Crippen LogP contribution in [0.4, 0.5) is 4.39 Å². The number of aromatic nitrogens is 1. The van der Waals surface area contributed by atoms with Crippen LogP contribution in [0.5, 0.6) is 11.5 Å². The molecule has 0 saturated carbocycles. The first-order chi connectivity index (χ1) is 8.58. The molecule has 0 aliphatic rings. The predicted octanol–water partition coefficient (Wildman–Crippen LogP) is 2.61. The largest absolute Gasteiger partial charge is 0.455 e. The first-order valence-electron chi connectivity index (χ1n) is 5.31. The smallest absolute Gasteiger partial charge is 0.145 e. The third-order valence-electron chi connectivity index (χ3n) is 2.36. The van der Waals surface area contributed by atoms with Crippen molar-refractivity contribution >= 4 is 5.84 Å². The Balaban J connectivity index is 2.37. The fraction of sp³-hybridized carbons (Fsp3) is 0.0769. The molecule has 0 radical (unpaired) electrons. The molecule has 1 aromatic heterocycles. The highest BCUT2D eigenvalue weighted by Gasteiger charge is 2.13. The van der Waals surface area contributed by atoms with E-state index in [-0.39, 0.29) is 17.1 Å². The van der Waals surface area contributed by atoms with Crippen molar-refractivity contribution in [3.8, 4) is 11.5 Å². The Morgan fingerprint density at radius 2 is 2.11 bits per heavy atom. The lowest BCUT2D eigenvalue weighted by Crippen LogP contribution is -2.14. The van der Waals surface area contributed by atoms with Gasteiger partial charge in [-0.2, -0.15) is 0 Å². The van der Waals surface area contributed by atoms with Gasteiger partial charge in [-0.3, -0.25) is 10.4 Å². The van der Waals surface area contributed by atoms with Crippen LogP contribution in [0.15, 0.2) is 36.5 Å². The molecular formula is C13H12FN3O. The van der Waals surface area contributed by atoms with Gasteiger partial charge in [-0.15, -0.1) is 0 Å². The van der Waals surface area contributed by atoms with Crippen LogP contribution in [0.3, 0.4) is 0 Å². The number of hydrogen-bond acceptors (Lipinski definition) is 3. The third kappa shape index (κ3) is 2.45. The molecule has 0 amide bonds. The molecule has 4 nitrogen and oxygen atoms in total. The third-order valence-corrected chi connectivity index (χ3v) is 2.36. The maximum Gasteiger partial charge on any atom is 0.145 e. The maximum atomic E-state index is 13.6. The number of hydrogen-bond donors (Lipinski definition) is 2. The molecule has 0 saturated heterocycles. The zero-order valence-corrected chi connectivity index (χ0v) is 9.77. The second-order valence-corrected chi connectivity index (χ2v) is 3.76. The lowest BCUT2D eigenvalue weighted by atomic mass is 10.1. The Labute approximate surface area is 104 Å². The van der Waals surface area contributed by atoms with E-state index < -0.39 is 5.82 Å². The standard InChI is InChI=1S/C13H12FN3O/c1-8-5-6-9(7-17-8)18-11-4-2-3-10(14)12(11)13(15)16/h2-7H,1H3,(H3,15,16). The summed E-state index contributed by atoms with van der Waals surface area (Å²) in [6.07, 6.45) is 1.53. The molecule has 18 heavy (non-hydrogen) atoms. The van der Waals surface area contributed by atoms with Gasteiger partial charge < -0.3 is 10.5 Å². The second kappa shape index (κ2) is 4.83. The molecule has 92 valence electrons. The molecule has 5 heteroatoms. The Morgan fingerprint density at radius 3 is 2.72 bits per heavy atom. The van der Waals surface area contributed by atoms with Gasteiger partial charge in [-0.25, -0.2) is 4.39 Å². The molecule has 0 atom stereocenters. The fourth-order valence-electron chi connectivity index (χ4n) is 1.49. The molecule has 0 unspecified atom stereocenters. The summed E-state index contributed by atoms with van der Waals surface area (Å²) in [4.78, 5) is 4.07. The number of ether oxygens (including phenoxy) is 1. The number of nitrogen functional groups attached to an aromatic ring is 1. The van der Waals surface area contributed by atoms with Crippen molar-refractivity contribution < 1.29 is 9.13 Å². The van der Waals surface area contributed by atoms with E-state index in [2.05, 4.69) is 4.98 Å².